The van der Waals surface area contributed by atoms with Crippen molar-refractivity contribution in [1.29, 1.82) is 0 Å². The van der Waals surface area contributed by atoms with Gasteiger partial charge in [-0.2, -0.15) is 0 Å². The van der Waals surface area contributed by atoms with E-state index in [1.165, 1.54) is 0 Å². The van der Waals surface area contributed by atoms with Gasteiger partial charge in [0.1, 0.15) is 5.82 Å². The van der Waals surface area contributed by atoms with Crippen LogP contribution < -0.4 is 10.2 Å². The molecule has 0 unspecified atom stereocenters. The fraction of sp³-hybridized carbons (Fsp3) is 0.185. The lowest BCUT2D eigenvalue weighted by atomic mass is 10.1. The number of rotatable bonds is 7. The molecular formula is C27H28N4O. The molecule has 0 spiro atoms. The average Bonchev–Trinajstić information content (AvgIpc) is 2.82. The molecule has 0 saturated carbocycles. The molecule has 0 bridgehead atoms. The lowest BCUT2D eigenvalue weighted by molar-refractivity contribution is 0.0752. The normalized spacial score (nSPS) is 10.7. The standard InChI is InChI=1S/C27H28N4O/c1-4-31(19-20-10-6-5-7-11-20)27(32)21-14-16-22(17-15-21)28-26-18-25(30(2)3)23-12-8-9-13-24(23)29-26/h5-18H,4,19H2,1-3H3,(H,28,29). The molecule has 0 aliphatic carbocycles. The van der Waals surface area contributed by atoms with Crippen molar-refractivity contribution in [2.45, 2.75) is 13.5 Å². The van der Waals surface area contributed by atoms with E-state index in [1.807, 2.05) is 105 Å². The second kappa shape index (κ2) is 9.52. The van der Waals surface area contributed by atoms with E-state index >= 15 is 0 Å². The molecule has 5 heteroatoms. The number of carbonyl (C=O) groups is 1. The minimum atomic E-state index is 0.0293. The van der Waals surface area contributed by atoms with Crippen LogP contribution in [0.5, 0.6) is 0 Å². The Morgan fingerprint density at radius 3 is 2.28 bits per heavy atom. The second-order valence-corrected chi connectivity index (χ2v) is 7.95. The Bertz CT molecular complexity index is 1200. The summed E-state index contributed by atoms with van der Waals surface area (Å²) in [4.78, 5) is 21.7. The first-order valence-electron chi connectivity index (χ1n) is 10.8. The highest BCUT2D eigenvalue weighted by molar-refractivity contribution is 5.95. The van der Waals surface area contributed by atoms with E-state index in [4.69, 9.17) is 4.98 Å². The fourth-order valence-corrected chi connectivity index (χ4v) is 3.75. The van der Waals surface area contributed by atoms with Crippen molar-refractivity contribution in [1.82, 2.24) is 9.88 Å². The molecule has 5 nitrogen and oxygen atoms in total. The molecule has 1 aromatic heterocycles. The highest BCUT2D eigenvalue weighted by Gasteiger charge is 2.15. The molecule has 4 rings (SSSR count). The first-order chi connectivity index (χ1) is 15.5. The number of aromatic nitrogens is 1. The molecule has 3 aromatic carbocycles. The van der Waals surface area contributed by atoms with E-state index in [9.17, 15) is 4.79 Å². The first kappa shape index (κ1) is 21.4. The Labute approximate surface area is 189 Å². The average molecular weight is 425 g/mol. The molecular weight excluding hydrogens is 396 g/mol. The van der Waals surface area contributed by atoms with E-state index in [2.05, 4.69) is 16.3 Å². The Balaban J connectivity index is 1.52. The van der Waals surface area contributed by atoms with Crippen LogP contribution in [-0.2, 0) is 6.54 Å². The van der Waals surface area contributed by atoms with Gasteiger partial charge in [-0.15, -0.1) is 0 Å². The van der Waals surface area contributed by atoms with Crippen molar-refractivity contribution in [3.8, 4) is 0 Å². The van der Waals surface area contributed by atoms with Crippen molar-refractivity contribution >= 4 is 34.0 Å². The summed E-state index contributed by atoms with van der Waals surface area (Å²) in [7, 11) is 4.06. The number of para-hydroxylation sites is 1. The zero-order valence-electron chi connectivity index (χ0n) is 18.7. The summed E-state index contributed by atoms with van der Waals surface area (Å²) in [6, 6.07) is 27.8. The third-order valence-corrected chi connectivity index (χ3v) is 5.47. The number of amides is 1. The molecule has 32 heavy (non-hydrogen) atoms. The van der Waals surface area contributed by atoms with Gasteiger partial charge >= 0.3 is 0 Å². The summed E-state index contributed by atoms with van der Waals surface area (Å²) < 4.78 is 0. The van der Waals surface area contributed by atoms with Crippen LogP contribution in [0.2, 0.25) is 0 Å². The maximum atomic E-state index is 13.0. The van der Waals surface area contributed by atoms with Gasteiger partial charge in [0.15, 0.2) is 0 Å². The topological polar surface area (TPSA) is 48.5 Å². The molecule has 0 atom stereocenters. The zero-order valence-corrected chi connectivity index (χ0v) is 18.7. The number of nitrogens with one attached hydrogen (secondary N) is 1. The highest BCUT2D eigenvalue weighted by Crippen LogP contribution is 2.28. The van der Waals surface area contributed by atoms with Gasteiger partial charge < -0.3 is 15.1 Å². The summed E-state index contributed by atoms with van der Waals surface area (Å²) in [5.41, 5.74) is 4.73. The molecule has 0 fully saturated rings. The van der Waals surface area contributed by atoms with E-state index < -0.39 is 0 Å². The molecule has 0 aliphatic heterocycles. The van der Waals surface area contributed by atoms with Crippen molar-refractivity contribution in [2.75, 3.05) is 30.9 Å². The van der Waals surface area contributed by atoms with Crippen LogP contribution in [-0.4, -0.2) is 36.4 Å². The van der Waals surface area contributed by atoms with Gasteiger partial charge in [0, 0.05) is 55.6 Å². The summed E-state index contributed by atoms with van der Waals surface area (Å²) in [6.07, 6.45) is 0. The highest BCUT2D eigenvalue weighted by atomic mass is 16.2. The molecule has 1 amide bonds. The van der Waals surface area contributed by atoms with Gasteiger partial charge in [-0.3, -0.25) is 4.79 Å². The SMILES string of the molecule is CCN(Cc1ccccc1)C(=O)c1ccc(Nc2cc(N(C)C)c3ccccc3n2)cc1. The molecule has 1 heterocycles. The van der Waals surface area contributed by atoms with E-state index in [0.29, 0.717) is 18.7 Å². The molecule has 162 valence electrons. The van der Waals surface area contributed by atoms with Gasteiger partial charge in [-0.25, -0.2) is 4.98 Å². The Morgan fingerprint density at radius 1 is 0.906 bits per heavy atom. The third kappa shape index (κ3) is 4.72. The summed E-state index contributed by atoms with van der Waals surface area (Å²) in [5, 5.41) is 4.49. The van der Waals surface area contributed by atoms with E-state index in [0.717, 1.165) is 33.7 Å². The van der Waals surface area contributed by atoms with Crippen LogP contribution in [0.3, 0.4) is 0 Å². The van der Waals surface area contributed by atoms with Crippen LogP contribution in [0.1, 0.15) is 22.8 Å². The summed E-state index contributed by atoms with van der Waals surface area (Å²) in [5.74, 6) is 0.798. The molecule has 0 saturated heterocycles. The van der Waals surface area contributed by atoms with Gasteiger partial charge in [0.2, 0.25) is 0 Å². The zero-order chi connectivity index (χ0) is 22.5. The van der Waals surface area contributed by atoms with Crippen LogP contribution in [0, 0.1) is 0 Å². The molecule has 0 aliphatic rings. The second-order valence-electron chi connectivity index (χ2n) is 7.95. The predicted octanol–water partition coefficient (Wildman–Crippen LogP) is 5.71. The van der Waals surface area contributed by atoms with Crippen molar-refractivity contribution in [3.63, 3.8) is 0 Å². The number of nitrogens with zero attached hydrogens (tertiary/aromatic N) is 3. The van der Waals surface area contributed by atoms with Gasteiger partial charge in [0.05, 0.1) is 5.52 Å². The van der Waals surface area contributed by atoms with Gasteiger partial charge in [-0.1, -0.05) is 48.5 Å². The van der Waals surface area contributed by atoms with E-state index in [-0.39, 0.29) is 5.91 Å². The lowest BCUT2D eigenvalue weighted by Gasteiger charge is -2.21. The third-order valence-electron chi connectivity index (χ3n) is 5.47. The minimum Gasteiger partial charge on any atom is -0.377 e. The van der Waals surface area contributed by atoms with Crippen LogP contribution in [0.4, 0.5) is 17.2 Å². The fourth-order valence-electron chi connectivity index (χ4n) is 3.75. The molecule has 1 N–H and O–H groups in total. The number of hydrogen-bond donors (Lipinski definition) is 1. The quantitative estimate of drug-likeness (QED) is 0.413. The molecule has 0 radical (unpaired) electrons. The smallest absolute Gasteiger partial charge is 0.254 e. The Hall–Kier alpha value is -3.86. The number of anilines is 3. The van der Waals surface area contributed by atoms with Crippen LogP contribution in [0.15, 0.2) is 84.9 Å². The molecule has 4 aromatic rings. The Kier molecular flexibility index (Phi) is 6.36. The van der Waals surface area contributed by atoms with Crippen molar-refractivity contribution < 1.29 is 4.79 Å². The number of carbonyl (C=O) groups excluding carboxylic acids is 1. The van der Waals surface area contributed by atoms with E-state index in [1.54, 1.807) is 0 Å². The largest absolute Gasteiger partial charge is 0.377 e. The lowest BCUT2D eigenvalue weighted by Crippen LogP contribution is -2.30. The first-order valence-corrected chi connectivity index (χ1v) is 10.8. The maximum Gasteiger partial charge on any atom is 0.254 e. The van der Waals surface area contributed by atoms with Crippen LogP contribution >= 0.6 is 0 Å². The predicted molar refractivity (Wildman–Crippen MR) is 133 cm³/mol. The van der Waals surface area contributed by atoms with Crippen molar-refractivity contribution in [3.05, 3.63) is 96.1 Å². The number of hydrogen-bond acceptors (Lipinski definition) is 4. The Morgan fingerprint density at radius 2 is 1.59 bits per heavy atom. The number of benzene rings is 3. The number of pyridine rings is 1. The summed E-state index contributed by atoms with van der Waals surface area (Å²) in [6.45, 7) is 3.26. The monoisotopic (exact) mass is 424 g/mol. The van der Waals surface area contributed by atoms with Crippen molar-refractivity contribution in [2.24, 2.45) is 0 Å². The minimum absolute atomic E-state index is 0.0293. The van der Waals surface area contributed by atoms with Gasteiger partial charge in [0.25, 0.3) is 5.91 Å². The van der Waals surface area contributed by atoms with Gasteiger partial charge in [-0.05, 0) is 42.8 Å². The maximum absolute atomic E-state index is 13.0. The summed E-state index contributed by atoms with van der Waals surface area (Å²) >= 11 is 0. The number of fused-ring (bicyclic) bond motifs is 1. The van der Waals surface area contributed by atoms with Crippen LogP contribution in [0.25, 0.3) is 10.9 Å².